The predicted molar refractivity (Wildman–Crippen MR) is 72.1 cm³/mol. The van der Waals surface area contributed by atoms with E-state index in [1.54, 1.807) is 6.20 Å². The molecule has 2 aromatic rings. The number of carbonyl (C=O) groups excluding carboxylic acids is 2. The van der Waals surface area contributed by atoms with Crippen LogP contribution in [0.2, 0.25) is 0 Å². The van der Waals surface area contributed by atoms with E-state index in [1.807, 2.05) is 28.8 Å². The molecule has 0 radical (unpaired) electrons. The lowest BCUT2D eigenvalue weighted by molar-refractivity contribution is -0.135. The van der Waals surface area contributed by atoms with Gasteiger partial charge < -0.3 is 9.30 Å². The summed E-state index contributed by atoms with van der Waals surface area (Å²) in [5.41, 5.74) is 1.29. The Labute approximate surface area is 110 Å². The summed E-state index contributed by atoms with van der Waals surface area (Å²) in [6.07, 6.45) is 1.68. The van der Waals surface area contributed by atoms with Crippen molar-refractivity contribution in [3.05, 3.63) is 36.0 Å². The zero-order chi connectivity index (χ0) is 13.1. The van der Waals surface area contributed by atoms with E-state index < -0.39 is 11.8 Å². The first-order valence-electron chi connectivity index (χ1n) is 5.50. The number of nitrogens with zero attached hydrogens (tertiary/aromatic N) is 1. The van der Waals surface area contributed by atoms with Gasteiger partial charge in [-0.05, 0) is 6.07 Å². The summed E-state index contributed by atoms with van der Waals surface area (Å²) in [6, 6.07) is 7.46. The first-order chi connectivity index (χ1) is 8.69. The number of Topliss-reactive ketones (excluding diaryl/α,β-unsaturated/α-hetero) is 1. The smallest absolute Gasteiger partial charge is 0.379 e. The molecule has 0 N–H and O–H groups in total. The summed E-state index contributed by atoms with van der Waals surface area (Å²) in [4.78, 5) is 23.2. The van der Waals surface area contributed by atoms with E-state index in [0.717, 1.165) is 10.9 Å². The van der Waals surface area contributed by atoms with Crippen molar-refractivity contribution in [1.29, 1.82) is 0 Å². The van der Waals surface area contributed by atoms with Gasteiger partial charge in [-0.2, -0.15) is 12.6 Å². The number of aryl methyl sites for hydroxylation is 1. The van der Waals surface area contributed by atoms with Crippen LogP contribution in [-0.2, 0) is 16.1 Å². The number of benzene rings is 1. The monoisotopic (exact) mass is 263 g/mol. The van der Waals surface area contributed by atoms with Crippen molar-refractivity contribution in [2.24, 2.45) is 0 Å². The molecule has 0 unspecified atom stereocenters. The predicted octanol–water partition coefficient (Wildman–Crippen LogP) is 1.93. The van der Waals surface area contributed by atoms with Crippen LogP contribution in [-0.4, -0.2) is 29.2 Å². The van der Waals surface area contributed by atoms with Gasteiger partial charge in [-0.3, -0.25) is 4.79 Å². The SMILES string of the molecule is COC(=O)C(=O)c1cn(CCS)c2ccccc12. The zero-order valence-electron chi connectivity index (χ0n) is 9.92. The largest absolute Gasteiger partial charge is 0.463 e. The summed E-state index contributed by atoms with van der Waals surface area (Å²) in [5.74, 6) is -0.805. The lowest BCUT2D eigenvalue weighted by Gasteiger charge is -2.00. The number of methoxy groups -OCH3 is 1. The van der Waals surface area contributed by atoms with E-state index in [0.29, 0.717) is 17.9 Å². The van der Waals surface area contributed by atoms with Crippen LogP contribution in [0.5, 0.6) is 0 Å². The first kappa shape index (κ1) is 12.7. The number of hydrogen-bond donors (Lipinski definition) is 1. The van der Waals surface area contributed by atoms with E-state index in [1.165, 1.54) is 7.11 Å². The molecule has 1 aromatic heterocycles. The van der Waals surface area contributed by atoms with Crippen molar-refractivity contribution in [3.63, 3.8) is 0 Å². The minimum absolute atomic E-state index is 0.374. The quantitative estimate of drug-likeness (QED) is 0.397. The van der Waals surface area contributed by atoms with Gasteiger partial charge in [-0.1, -0.05) is 18.2 Å². The molecule has 0 aliphatic rings. The molecule has 0 atom stereocenters. The average Bonchev–Trinajstić information content (AvgIpc) is 2.77. The van der Waals surface area contributed by atoms with Crippen molar-refractivity contribution in [2.75, 3.05) is 12.9 Å². The highest BCUT2D eigenvalue weighted by atomic mass is 32.1. The Morgan fingerprint density at radius 3 is 2.72 bits per heavy atom. The maximum Gasteiger partial charge on any atom is 0.379 e. The van der Waals surface area contributed by atoms with Gasteiger partial charge in [0.2, 0.25) is 0 Å². The highest BCUT2D eigenvalue weighted by Gasteiger charge is 2.21. The highest BCUT2D eigenvalue weighted by molar-refractivity contribution is 7.80. The third-order valence-corrected chi connectivity index (χ3v) is 2.94. The number of esters is 1. The highest BCUT2D eigenvalue weighted by Crippen LogP contribution is 2.22. The molecule has 1 aromatic carbocycles. The number of para-hydroxylation sites is 1. The van der Waals surface area contributed by atoms with E-state index in [9.17, 15) is 9.59 Å². The van der Waals surface area contributed by atoms with Crippen molar-refractivity contribution in [2.45, 2.75) is 6.54 Å². The Morgan fingerprint density at radius 1 is 1.33 bits per heavy atom. The lowest BCUT2D eigenvalue weighted by Crippen LogP contribution is -2.15. The van der Waals surface area contributed by atoms with E-state index >= 15 is 0 Å². The van der Waals surface area contributed by atoms with Crippen molar-refractivity contribution < 1.29 is 14.3 Å². The maximum atomic E-state index is 11.9. The molecule has 18 heavy (non-hydrogen) atoms. The van der Waals surface area contributed by atoms with Crippen LogP contribution in [0, 0.1) is 0 Å². The van der Waals surface area contributed by atoms with E-state index in [4.69, 9.17) is 0 Å². The molecule has 94 valence electrons. The van der Waals surface area contributed by atoms with Gasteiger partial charge in [0.15, 0.2) is 0 Å². The Morgan fingerprint density at radius 2 is 2.06 bits per heavy atom. The van der Waals surface area contributed by atoms with E-state index in [-0.39, 0.29) is 0 Å². The van der Waals surface area contributed by atoms with Crippen LogP contribution >= 0.6 is 12.6 Å². The maximum absolute atomic E-state index is 11.9. The average molecular weight is 263 g/mol. The van der Waals surface area contributed by atoms with Crippen LogP contribution < -0.4 is 0 Å². The zero-order valence-corrected chi connectivity index (χ0v) is 10.8. The number of carbonyl (C=O) groups is 2. The van der Waals surface area contributed by atoms with Crippen molar-refractivity contribution in [1.82, 2.24) is 4.57 Å². The summed E-state index contributed by atoms with van der Waals surface area (Å²) in [7, 11) is 1.20. The number of ether oxygens (including phenoxy) is 1. The topological polar surface area (TPSA) is 48.3 Å². The second-order valence-electron chi connectivity index (χ2n) is 3.80. The molecule has 2 rings (SSSR count). The summed E-state index contributed by atoms with van der Waals surface area (Å²) in [5, 5.41) is 0.759. The van der Waals surface area contributed by atoms with Crippen LogP contribution in [0.1, 0.15) is 10.4 Å². The molecule has 0 saturated carbocycles. The number of ketones is 1. The Bertz CT molecular complexity index is 603. The number of rotatable bonds is 4. The fourth-order valence-electron chi connectivity index (χ4n) is 1.92. The van der Waals surface area contributed by atoms with Gasteiger partial charge in [-0.15, -0.1) is 0 Å². The molecular formula is C13H13NO3S. The van der Waals surface area contributed by atoms with Crippen molar-refractivity contribution in [3.8, 4) is 0 Å². The minimum Gasteiger partial charge on any atom is -0.463 e. The van der Waals surface area contributed by atoms with Gasteiger partial charge in [0, 0.05) is 29.4 Å². The molecule has 0 amide bonds. The van der Waals surface area contributed by atoms with Crippen molar-refractivity contribution >= 4 is 35.3 Å². The second kappa shape index (κ2) is 5.27. The third-order valence-electron chi connectivity index (χ3n) is 2.74. The molecule has 0 spiro atoms. The Hall–Kier alpha value is -1.75. The van der Waals surface area contributed by atoms with Crippen LogP contribution in [0.3, 0.4) is 0 Å². The van der Waals surface area contributed by atoms with Gasteiger partial charge in [0.1, 0.15) is 0 Å². The number of fused-ring (bicyclic) bond motifs is 1. The van der Waals surface area contributed by atoms with Crippen LogP contribution in [0.25, 0.3) is 10.9 Å². The van der Waals surface area contributed by atoms with Crippen LogP contribution in [0.15, 0.2) is 30.5 Å². The number of hydrogen-bond acceptors (Lipinski definition) is 4. The summed E-state index contributed by atoms with van der Waals surface area (Å²) >= 11 is 4.18. The molecule has 0 saturated heterocycles. The molecule has 0 bridgehead atoms. The molecule has 1 heterocycles. The summed E-state index contributed by atoms with van der Waals surface area (Å²) < 4.78 is 6.39. The Balaban J connectivity index is 2.57. The molecule has 0 fully saturated rings. The lowest BCUT2D eigenvalue weighted by atomic mass is 10.1. The number of aromatic nitrogens is 1. The standard InChI is InChI=1S/C13H13NO3S/c1-17-13(16)12(15)10-8-14(6-7-18)11-5-3-2-4-9(10)11/h2-5,8,18H,6-7H2,1H3. The molecule has 5 heteroatoms. The molecular weight excluding hydrogens is 250 g/mol. The van der Waals surface area contributed by atoms with Gasteiger partial charge in [-0.25, -0.2) is 4.79 Å². The fraction of sp³-hybridized carbons (Fsp3) is 0.231. The normalized spacial score (nSPS) is 10.6. The van der Waals surface area contributed by atoms with Crippen LogP contribution in [0.4, 0.5) is 0 Å². The molecule has 0 aliphatic carbocycles. The molecule has 4 nitrogen and oxygen atoms in total. The first-order valence-corrected chi connectivity index (χ1v) is 6.13. The third kappa shape index (κ3) is 2.13. The summed E-state index contributed by atoms with van der Waals surface area (Å²) in [6.45, 7) is 0.679. The molecule has 0 aliphatic heterocycles. The minimum atomic E-state index is -0.844. The fourth-order valence-corrected chi connectivity index (χ4v) is 2.14. The number of thiol groups is 1. The Kier molecular flexibility index (Phi) is 3.72. The van der Waals surface area contributed by atoms with Gasteiger partial charge >= 0.3 is 5.97 Å². The van der Waals surface area contributed by atoms with Gasteiger partial charge in [0.05, 0.1) is 12.7 Å². The van der Waals surface area contributed by atoms with Gasteiger partial charge in [0.25, 0.3) is 5.78 Å². The second-order valence-corrected chi connectivity index (χ2v) is 4.24. The van der Waals surface area contributed by atoms with E-state index in [2.05, 4.69) is 17.4 Å².